The fourth-order valence-electron chi connectivity index (χ4n) is 3.38. The van der Waals surface area contributed by atoms with Gasteiger partial charge in [-0.2, -0.15) is 9.40 Å². The van der Waals surface area contributed by atoms with Gasteiger partial charge in [-0.25, -0.2) is 8.42 Å². The van der Waals surface area contributed by atoms with Crippen LogP contribution in [0.5, 0.6) is 11.5 Å². The summed E-state index contributed by atoms with van der Waals surface area (Å²) in [4.78, 5) is 25.5. The molecule has 1 aromatic carbocycles. The van der Waals surface area contributed by atoms with Crippen LogP contribution < -0.4 is 9.47 Å². The SMILES string of the molecule is COc1cc(C(=O)N2CCCN(S(=O)(=O)c3cnn(C)c3)CC2)c([N+](=O)[O-])cc1OC. The molecule has 1 amide bonds. The maximum atomic E-state index is 13.1. The first-order chi connectivity index (χ1) is 14.7. The van der Waals surface area contributed by atoms with Crippen LogP contribution in [0.3, 0.4) is 0 Å². The number of sulfonamides is 1. The predicted octanol–water partition coefficient (Wildman–Crippen LogP) is 0.882. The summed E-state index contributed by atoms with van der Waals surface area (Å²) in [6.07, 6.45) is 3.07. The second kappa shape index (κ2) is 8.89. The molecule has 31 heavy (non-hydrogen) atoms. The first-order valence-corrected chi connectivity index (χ1v) is 10.8. The second-order valence-corrected chi connectivity index (χ2v) is 8.82. The van der Waals surface area contributed by atoms with Gasteiger partial charge in [0.2, 0.25) is 10.0 Å². The number of aromatic nitrogens is 2. The molecule has 1 saturated heterocycles. The first kappa shape index (κ1) is 22.5. The minimum Gasteiger partial charge on any atom is -0.493 e. The van der Waals surface area contributed by atoms with Crippen molar-refractivity contribution in [1.29, 1.82) is 0 Å². The summed E-state index contributed by atoms with van der Waals surface area (Å²) in [5, 5.41) is 15.4. The fourth-order valence-corrected chi connectivity index (χ4v) is 4.83. The second-order valence-electron chi connectivity index (χ2n) is 6.88. The summed E-state index contributed by atoms with van der Waals surface area (Å²) < 4.78 is 38.6. The molecule has 0 radical (unpaired) electrons. The highest BCUT2D eigenvalue weighted by atomic mass is 32.2. The van der Waals surface area contributed by atoms with E-state index in [9.17, 15) is 23.3 Å². The minimum absolute atomic E-state index is 0.0596. The molecule has 0 saturated carbocycles. The van der Waals surface area contributed by atoms with E-state index >= 15 is 0 Å². The van der Waals surface area contributed by atoms with Crippen molar-refractivity contribution < 1.29 is 27.6 Å². The van der Waals surface area contributed by atoms with Gasteiger partial charge < -0.3 is 14.4 Å². The van der Waals surface area contributed by atoms with Crippen LogP contribution in [0.25, 0.3) is 0 Å². The zero-order valence-electron chi connectivity index (χ0n) is 17.3. The average Bonchev–Trinajstić information content (AvgIpc) is 3.04. The molecule has 1 aromatic heterocycles. The van der Waals surface area contributed by atoms with Gasteiger partial charge >= 0.3 is 0 Å². The van der Waals surface area contributed by atoms with Crippen LogP contribution in [0.1, 0.15) is 16.8 Å². The molecule has 1 aliphatic heterocycles. The van der Waals surface area contributed by atoms with Crippen molar-refractivity contribution in [1.82, 2.24) is 19.0 Å². The van der Waals surface area contributed by atoms with Gasteiger partial charge in [0.15, 0.2) is 11.5 Å². The maximum Gasteiger partial charge on any atom is 0.286 e. The minimum atomic E-state index is -3.75. The van der Waals surface area contributed by atoms with E-state index in [1.54, 1.807) is 7.05 Å². The van der Waals surface area contributed by atoms with E-state index in [1.165, 1.54) is 46.6 Å². The topological polar surface area (TPSA) is 137 Å². The Morgan fingerprint density at radius 2 is 1.81 bits per heavy atom. The standard InChI is InChI=1S/C18H23N5O7S/c1-20-12-13(11-19-20)31(27,28)22-6-4-5-21(7-8-22)18(24)14-9-16(29-2)17(30-3)10-15(14)23(25)26/h9-12H,4-8H2,1-3H3. The molecule has 2 aromatic rings. The Morgan fingerprint density at radius 1 is 1.13 bits per heavy atom. The normalized spacial score (nSPS) is 15.4. The lowest BCUT2D eigenvalue weighted by atomic mass is 10.1. The summed E-state index contributed by atoms with van der Waals surface area (Å²) >= 11 is 0. The third-order valence-electron chi connectivity index (χ3n) is 4.99. The molecule has 0 aliphatic carbocycles. The molecular formula is C18H23N5O7S. The number of benzene rings is 1. The number of amides is 1. The van der Waals surface area contributed by atoms with Gasteiger partial charge in [0.1, 0.15) is 10.5 Å². The lowest BCUT2D eigenvalue weighted by Crippen LogP contribution is -2.37. The fraction of sp³-hybridized carbons (Fsp3) is 0.444. The monoisotopic (exact) mass is 453 g/mol. The van der Waals surface area contributed by atoms with Crippen LogP contribution in [0.4, 0.5) is 5.69 Å². The third-order valence-corrected chi connectivity index (χ3v) is 6.84. The summed E-state index contributed by atoms with van der Waals surface area (Å²) in [6, 6.07) is 2.41. The van der Waals surface area contributed by atoms with Crippen LogP contribution in [0.2, 0.25) is 0 Å². The van der Waals surface area contributed by atoms with Gasteiger partial charge in [0.25, 0.3) is 11.6 Å². The summed E-state index contributed by atoms with van der Waals surface area (Å²) in [6.45, 7) is 0.617. The van der Waals surface area contributed by atoms with E-state index in [1.807, 2.05) is 0 Å². The molecule has 1 aliphatic rings. The number of hydrogen-bond acceptors (Lipinski definition) is 8. The molecule has 12 nitrogen and oxygen atoms in total. The zero-order valence-corrected chi connectivity index (χ0v) is 18.2. The molecule has 0 N–H and O–H groups in total. The smallest absolute Gasteiger partial charge is 0.286 e. The number of nitro benzene ring substituents is 1. The van der Waals surface area contributed by atoms with Gasteiger partial charge in [-0.05, 0) is 6.42 Å². The van der Waals surface area contributed by atoms with Crippen LogP contribution in [0.15, 0.2) is 29.4 Å². The van der Waals surface area contributed by atoms with Crippen LogP contribution >= 0.6 is 0 Å². The van der Waals surface area contributed by atoms with Gasteiger partial charge in [-0.1, -0.05) is 0 Å². The lowest BCUT2D eigenvalue weighted by molar-refractivity contribution is -0.385. The Bertz CT molecular complexity index is 1100. The number of nitrogens with zero attached hydrogens (tertiary/aromatic N) is 5. The molecule has 168 valence electrons. The quantitative estimate of drug-likeness (QED) is 0.464. The summed E-state index contributed by atoms with van der Waals surface area (Å²) in [7, 11) is 0.579. The first-order valence-electron chi connectivity index (χ1n) is 9.37. The van der Waals surface area contributed by atoms with Crippen molar-refractivity contribution in [3.63, 3.8) is 0 Å². The highest BCUT2D eigenvalue weighted by Gasteiger charge is 2.32. The Hall–Kier alpha value is -3.19. The maximum absolute atomic E-state index is 13.1. The highest BCUT2D eigenvalue weighted by Crippen LogP contribution is 2.35. The van der Waals surface area contributed by atoms with E-state index < -0.39 is 26.5 Å². The number of carbonyl (C=O) groups is 1. The number of aryl methyl sites for hydroxylation is 1. The van der Waals surface area contributed by atoms with Crippen molar-refractivity contribution in [2.24, 2.45) is 7.05 Å². The molecular weight excluding hydrogens is 430 g/mol. The van der Waals surface area contributed by atoms with E-state index in [2.05, 4.69) is 5.10 Å². The summed E-state index contributed by atoms with van der Waals surface area (Å²) in [5.74, 6) is -0.254. The van der Waals surface area contributed by atoms with Crippen molar-refractivity contribution in [3.8, 4) is 11.5 Å². The van der Waals surface area contributed by atoms with Crippen LogP contribution in [-0.4, -0.2) is 78.6 Å². The van der Waals surface area contributed by atoms with Crippen LogP contribution in [0, 0.1) is 10.1 Å². The predicted molar refractivity (Wildman–Crippen MR) is 109 cm³/mol. The van der Waals surface area contributed by atoms with E-state index in [-0.39, 0.29) is 48.1 Å². The number of methoxy groups -OCH3 is 2. The number of nitro groups is 1. The van der Waals surface area contributed by atoms with Crippen LogP contribution in [-0.2, 0) is 17.1 Å². The van der Waals surface area contributed by atoms with Crippen molar-refractivity contribution >= 4 is 21.6 Å². The van der Waals surface area contributed by atoms with Crippen molar-refractivity contribution in [2.45, 2.75) is 11.3 Å². The van der Waals surface area contributed by atoms with E-state index in [0.717, 1.165) is 6.07 Å². The van der Waals surface area contributed by atoms with Gasteiger partial charge in [0, 0.05) is 45.5 Å². The number of ether oxygens (including phenoxy) is 2. The molecule has 0 atom stereocenters. The number of hydrogen-bond donors (Lipinski definition) is 0. The Labute approximate surface area is 179 Å². The third kappa shape index (κ3) is 4.46. The molecule has 0 spiro atoms. The van der Waals surface area contributed by atoms with Gasteiger partial charge in [-0.15, -0.1) is 0 Å². The average molecular weight is 453 g/mol. The molecule has 0 bridgehead atoms. The Balaban J connectivity index is 1.85. The van der Waals surface area contributed by atoms with Crippen molar-refractivity contribution in [3.05, 3.63) is 40.2 Å². The number of rotatable bonds is 6. The number of carbonyl (C=O) groups excluding carboxylic acids is 1. The summed E-state index contributed by atoms with van der Waals surface area (Å²) in [5.41, 5.74) is -0.557. The van der Waals surface area contributed by atoms with E-state index in [0.29, 0.717) is 6.42 Å². The molecule has 2 heterocycles. The largest absolute Gasteiger partial charge is 0.493 e. The van der Waals surface area contributed by atoms with Crippen molar-refractivity contribution in [2.75, 3.05) is 40.4 Å². The lowest BCUT2D eigenvalue weighted by Gasteiger charge is -2.22. The molecule has 3 rings (SSSR count). The van der Waals surface area contributed by atoms with E-state index in [4.69, 9.17) is 9.47 Å². The zero-order chi connectivity index (χ0) is 22.8. The Kier molecular flexibility index (Phi) is 6.45. The molecule has 13 heteroatoms. The highest BCUT2D eigenvalue weighted by molar-refractivity contribution is 7.89. The molecule has 0 unspecified atom stereocenters. The Morgan fingerprint density at radius 3 is 2.39 bits per heavy atom. The van der Waals surface area contributed by atoms with Gasteiger partial charge in [-0.3, -0.25) is 19.6 Å². The van der Waals surface area contributed by atoms with Gasteiger partial charge in [0.05, 0.1) is 31.4 Å². The molecule has 1 fully saturated rings.